The van der Waals surface area contributed by atoms with Gasteiger partial charge in [-0.15, -0.1) is 0 Å². The van der Waals surface area contributed by atoms with Crippen molar-refractivity contribution < 1.29 is 27.6 Å². The van der Waals surface area contributed by atoms with E-state index >= 15 is 0 Å². The Kier molecular flexibility index (Phi) is 11.3. The first-order valence-electron chi connectivity index (χ1n) is 17.9. The molecule has 2 N–H and O–H groups in total. The van der Waals surface area contributed by atoms with Gasteiger partial charge in [0.2, 0.25) is 0 Å². The van der Waals surface area contributed by atoms with Gasteiger partial charge in [0.25, 0.3) is 0 Å². The van der Waals surface area contributed by atoms with Crippen LogP contribution >= 0.6 is 17.1 Å². The Labute approximate surface area is 328 Å². The zero-order valence-electron chi connectivity index (χ0n) is 30.7. The lowest BCUT2D eigenvalue weighted by Gasteiger charge is -2.27. The number of hydrogen-bond donors (Lipinski definition) is 2. The van der Waals surface area contributed by atoms with Crippen LogP contribution in [0.25, 0.3) is 32.7 Å². The molecule has 0 fully saturated rings. The fourth-order valence-electron chi connectivity index (χ4n) is 6.33. The molecule has 0 radical (unpaired) electrons. The quantitative estimate of drug-likeness (QED) is 0.0997. The van der Waals surface area contributed by atoms with Crippen molar-refractivity contribution in [3.8, 4) is 45.6 Å². The summed E-state index contributed by atoms with van der Waals surface area (Å²) >= 11 is 0. The van der Waals surface area contributed by atoms with Gasteiger partial charge in [-0.25, -0.2) is 0 Å². The van der Waals surface area contributed by atoms with Crippen LogP contribution in [-0.4, -0.2) is 14.2 Å². The SMILES string of the molecule is COc1cc2ccccc2c(-c2c(NP(Oc3ccccc3)Oc3ccccc3)c(OC)cc3ccccc23)c1NP(Oc1ccccc1)Oc1ccccc1. The Morgan fingerprint density at radius 1 is 0.357 bits per heavy atom. The molecule has 8 nitrogen and oxygen atoms in total. The molecule has 8 aromatic rings. The number of ether oxygens (including phenoxy) is 2. The van der Waals surface area contributed by atoms with E-state index in [-0.39, 0.29) is 0 Å². The maximum absolute atomic E-state index is 6.58. The fraction of sp³-hybridized carbons (Fsp3) is 0.0435. The molecule has 0 aliphatic carbocycles. The largest absolute Gasteiger partial charge is 0.495 e. The van der Waals surface area contributed by atoms with Crippen molar-refractivity contribution in [1.82, 2.24) is 0 Å². The highest BCUT2D eigenvalue weighted by Gasteiger charge is 2.29. The highest BCUT2D eigenvalue weighted by molar-refractivity contribution is 7.50. The van der Waals surface area contributed by atoms with Crippen LogP contribution in [0, 0.1) is 0 Å². The third kappa shape index (κ3) is 8.28. The van der Waals surface area contributed by atoms with Gasteiger partial charge < -0.3 is 27.6 Å². The van der Waals surface area contributed by atoms with E-state index in [9.17, 15) is 0 Å². The van der Waals surface area contributed by atoms with Crippen LogP contribution in [0.1, 0.15) is 0 Å². The summed E-state index contributed by atoms with van der Waals surface area (Å²) in [6, 6.07) is 59.0. The van der Waals surface area contributed by atoms with Gasteiger partial charge in [-0.2, -0.15) is 0 Å². The van der Waals surface area contributed by atoms with Crippen LogP contribution in [0.15, 0.2) is 182 Å². The maximum Gasteiger partial charge on any atom is 0.414 e. The highest BCUT2D eigenvalue weighted by atomic mass is 31.2. The first kappa shape index (κ1) is 36.5. The fourth-order valence-corrected chi connectivity index (χ4v) is 8.65. The van der Waals surface area contributed by atoms with E-state index in [1.165, 1.54) is 0 Å². The molecule has 56 heavy (non-hydrogen) atoms. The summed E-state index contributed by atoms with van der Waals surface area (Å²) in [4.78, 5) is 0. The van der Waals surface area contributed by atoms with E-state index in [0.717, 1.165) is 32.7 Å². The van der Waals surface area contributed by atoms with Gasteiger partial charge in [-0.05, 0) is 82.2 Å². The van der Waals surface area contributed by atoms with Crippen LogP contribution < -0.4 is 37.7 Å². The van der Waals surface area contributed by atoms with Crippen LogP contribution in [-0.2, 0) is 0 Å². The lowest BCUT2D eigenvalue weighted by Crippen LogP contribution is -2.09. The number of anilines is 2. The van der Waals surface area contributed by atoms with Crippen LogP contribution in [0.3, 0.4) is 0 Å². The Morgan fingerprint density at radius 2 is 0.643 bits per heavy atom. The Bertz CT molecular complexity index is 2270. The first-order chi connectivity index (χ1) is 27.7. The minimum Gasteiger partial charge on any atom is -0.495 e. The molecule has 0 spiro atoms. The normalized spacial score (nSPS) is 11.0. The zero-order valence-corrected chi connectivity index (χ0v) is 32.5. The first-order valence-corrected chi connectivity index (χ1v) is 20.3. The second-order valence-electron chi connectivity index (χ2n) is 12.5. The molecular weight excluding hydrogens is 738 g/mol. The zero-order chi connectivity index (χ0) is 38.1. The number of rotatable bonds is 15. The Balaban J connectivity index is 1.35. The number of benzene rings is 8. The summed E-state index contributed by atoms with van der Waals surface area (Å²) < 4.78 is 38.7. The van der Waals surface area contributed by atoms with Crippen LogP contribution in [0.5, 0.6) is 34.5 Å². The number of para-hydroxylation sites is 4. The lowest BCUT2D eigenvalue weighted by atomic mass is 9.90. The second kappa shape index (κ2) is 17.3. The van der Waals surface area contributed by atoms with E-state index in [2.05, 4.69) is 34.4 Å². The van der Waals surface area contributed by atoms with Crippen molar-refractivity contribution in [2.45, 2.75) is 0 Å². The molecule has 0 saturated heterocycles. The van der Waals surface area contributed by atoms with Gasteiger partial charge >= 0.3 is 17.1 Å². The van der Waals surface area contributed by atoms with Crippen LogP contribution in [0.4, 0.5) is 11.4 Å². The number of nitrogens with one attached hydrogen (secondary N) is 2. The number of methoxy groups -OCH3 is 2. The van der Waals surface area contributed by atoms with Gasteiger partial charge in [-0.3, -0.25) is 10.2 Å². The molecule has 0 aliphatic rings. The van der Waals surface area contributed by atoms with Gasteiger partial charge in [0.15, 0.2) is 0 Å². The summed E-state index contributed by atoms with van der Waals surface area (Å²) in [6.45, 7) is 0. The predicted molar refractivity (Wildman–Crippen MR) is 229 cm³/mol. The van der Waals surface area contributed by atoms with Crippen molar-refractivity contribution in [2.75, 3.05) is 24.4 Å². The van der Waals surface area contributed by atoms with Crippen molar-refractivity contribution in [3.05, 3.63) is 182 Å². The van der Waals surface area contributed by atoms with E-state index in [0.29, 0.717) is 45.9 Å². The predicted octanol–water partition coefficient (Wildman–Crippen LogP) is 13.3. The van der Waals surface area contributed by atoms with E-state index in [1.807, 2.05) is 158 Å². The molecular formula is C46H38N2O6P2. The summed E-state index contributed by atoms with van der Waals surface area (Å²) in [6.07, 6.45) is 0. The van der Waals surface area contributed by atoms with Crippen molar-refractivity contribution in [2.24, 2.45) is 0 Å². The average Bonchev–Trinajstić information content (AvgIpc) is 3.25. The lowest BCUT2D eigenvalue weighted by molar-refractivity contribution is 0.416. The molecule has 0 aromatic heterocycles. The Hall–Kier alpha value is -6.46. The minimum atomic E-state index is -1.85. The molecule has 0 heterocycles. The molecule has 8 rings (SSSR count). The molecule has 0 amide bonds. The summed E-state index contributed by atoms with van der Waals surface area (Å²) in [5.41, 5.74) is 3.02. The van der Waals surface area contributed by atoms with Crippen LogP contribution in [0.2, 0.25) is 0 Å². The maximum atomic E-state index is 6.58. The number of hydrogen-bond acceptors (Lipinski definition) is 8. The molecule has 0 saturated carbocycles. The minimum absolute atomic E-state index is 0.598. The smallest absolute Gasteiger partial charge is 0.414 e. The molecule has 10 heteroatoms. The second-order valence-corrected chi connectivity index (χ2v) is 14.7. The van der Waals surface area contributed by atoms with E-state index in [4.69, 9.17) is 27.6 Å². The van der Waals surface area contributed by atoms with Crippen molar-refractivity contribution >= 4 is 50.0 Å². The molecule has 0 bridgehead atoms. The van der Waals surface area contributed by atoms with Gasteiger partial charge in [0.05, 0.1) is 25.6 Å². The van der Waals surface area contributed by atoms with E-state index in [1.54, 1.807) is 14.2 Å². The standard InChI is InChI=1S/C46H38N2O6P2/c1-49-41-31-33-19-15-17-29-39(33)43(45(41)47-55(51-35-21-7-3-8-22-35)52-36-23-9-4-10-24-36)44-40-30-18-16-20-34(40)32-42(50-2)46(44)48-56(53-37-25-11-5-12-26-37)54-38-27-13-6-14-28-38/h3-32,47-48H,1-2H3. The van der Waals surface area contributed by atoms with Crippen molar-refractivity contribution in [3.63, 3.8) is 0 Å². The van der Waals surface area contributed by atoms with Gasteiger partial charge in [0, 0.05) is 11.1 Å². The molecule has 0 unspecified atom stereocenters. The topological polar surface area (TPSA) is 79.4 Å². The molecule has 278 valence electrons. The summed E-state index contributed by atoms with van der Waals surface area (Å²) in [5, 5.41) is 11.2. The molecule has 0 atom stereocenters. The van der Waals surface area contributed by atoms with Gasteiger partial charge in [0.1, 0.15) is 34.5 Å². The third-order valence-electron chi connectivity index (χ3n) is 8.85. The molecule has 0 aliphatic heterocycles. The summed E-state index contributed by atoms with van der Waals surface area (Å²) in [5.74, 6) is 3.80. The molecule has 8 aromatic carbocycles. The number of fused-ring (bicyclic) bond motifs is 2. The van der Waals surface area contributed by atoms with Crippen molar-refractivity contribution in [1.29, 1.82) is 0 Å². The van der Waals surface area contributed by atoms with E-state index < -0.39 is 17.1 Å². The third-order valence-corrected chi connectivity index (χ3v) is 11.2. The summed E-state index contributed by atoms with van der Waals surface area (Å²) in [7, 11) is -0.361. The highest BCUT2D eigenvalue weighted by Crippen LogP contribution is 2.55. The van der Waals surface area contributed by atoms with Gasteiger partial charge in [-0.1, -0.05) is 121 Å². The Morgan fingerprint density at radius 3 is 0.946 bits per heavy atom. The average molecular weight is 777 g/mol. The monoisotopic (exact) mass is 776 g/mol.